The van der Waals surface area contributed by atoms with Gasteiger partial charge in [-0.1, -0.05) is 13.8 Å². The van der Waals surface area contributed by atoms with Crippen LogP contribution in [0.5, 0.6) is 0 Å². The van der Waals surface area contributed by atoms with Gasteiger partial charge < -0.3 is 15.7 Å². The minimum Gasteiger partial charge on any atom is -0.393 e. The van der Waals surface area contributed by atoms with Crippen molar-refractivity contribution in [1.82, 2.24) is 4.90 Å². The fraction of sp³-hybridized carbons (Fsp3) is 1.00. The van der Waals surface area contributed by atoms with E-state index >= 15 is 0 Å². The van der Waals surface area contributed by atoms with Gasteiger partial charge in [0, 0.05) is 13.1 Å². The maximum Gasteiger partial charge on any atom is 0.0546 e. The van der Waals surface area contributed by atoms with E-state index < -0.39 is 0 Å². The van der Waals surface area contributed by atoms with E-state index in [4.69, 9.17) is 5.73 Å². The second-order valence-electron chi connectivity index (χ2n) is 5.45. The molecule has 3 nitrogen and oxygen atoms in total. The molecule has 1 rings (SSSR count). The van der Waals surface area contributed by atoms with E-state index in [2.05, 4.69) is 25.8 Å². The van der Waals surface area contributed by atoms with Crippen molar-refractivity contribution >= 4 is 0 Å². The van der Waals surface area contributed by atoms with Gasteiger partial charge >= 0.3 is 0 Å². The number of nitrogens with zero attached hydrogens (tertiary/aromatic N) is 1. The van der Waals surface area contributed by atoms with E-state index in [0.717, 1.165) is 32.5 Å². The van der Waals surface area contributed by atoms with E-state index in [-0.39, 0.29) is 6.10 Å². The van der Waals surface area contributed by atoms with Crippen molar-refractivity contribution < 1.29 is 5.11 Å². The van der Waals surface area contributed by atoms with Crippen molar-refractivity contribution in [2.75, 3.05) is 26.7 Å². The Bertz CT molecular complexity index is 178. The van der Waals surface area contributed by atoms with Gasteiger partial charge in [-0.05, 0) is 44.2 Å². The fourth-order valence-electron chi connectivity index (χ4n) is 2.32. The molecule has 3 heteroatoms. The van der Waals surface area contributed by atoms with Gasteiger partial charge in [-0.3, -0.25) is 0 Å². The summed E-state index contributed by atoms with van der Waals surface area (Å²) in [6.45, 7) is 7.44. The molecule has 1 atom stereocenters. The summed E-state index contributed by atoms with van der Waals surface area (Å²) < 4.78 is 0. The summed E-state index contributed by atoms with van der Waals surface area (Å²) in [4.78, 5) is 2.37. The van der Waals surface area contributed by atoms with Crippen molar-refractivity contribution in [1.29, 1.82) is 0 Å². The highest BCUT2D eigenvalue weighted by atomic mass is 16.3. The molecule has 0 aliphatic heterocycles. The molecule has 0 spiro atoms. The highest BCUT2D eigenvalue weighted by Gasteiger charge is 2.28. The molecule has 0 heterocycles. The van der Waals surface area contributed by atoms with Crippen LogP contribution in [0.4, 0.5) is 0 Å². The second kappa shape index (κ2) is 5.83. The Balaban J connectivity index is 2.19. The molecule has 90 valence electrons. The number of hydrogen-bond donors (Lipinski definition) is 2. The van der Waals surface area contributed by atoms with E-state index in [1.165, 1.54) is 0 Å². The predicted molar refractivity (Wildman–Crippen MR) is 63.6 cm³/mol. The van der Waals surface area contributed by atoms with Crippen LogP contribution in [0.15, 0.2) is 0 Å². The zero-order valence-corrected chi connectivity index (χ0v) is 10.3. The van der Waals surface area contributed by atoms with Gasteiger partial charge in [0.15, 0.2) is 0 Å². The monoisotopic (exact) mass is 214 g/mol. The molecule has 0 aromatic rings. The molecule has 15 heavy (non-hydrogen) atoms. The lowest BCUT2D eigenvalue weighted by Gasteiger charge is -2.36. The largest absolute Gasteiger partial charge is 0.393 e. The van der Waals surface area contributed by atoms with Crippen molar-refractivity contribution in [2.24, 2.45) is 23.5 Å². The number of nitrogens with two attached hydrogens (primary N) is 1. The molecular formula is C12H26N2O. The lowest BCUT2D eigenvalue weighted by atomic mass is 9.82. The maximum absolute atomic E-state index is 9.21. The zero-order chi connectivity index (χ0) is 11.4. The standard InChI is InChI=1S/C12H26N2O/c1-9(2)11(6-13)8-14(3)7-10-4-12(15)5-10/h9-12,15H,4-8,13H2,1-3H3. The SMILES string of the molecule is CC(C)C(CN)CN(C)CC1CC(O)C1. The smallest absolute Gasteiger partial charge is 0.0546 e. The molecular weight excluding hydrogens is 188 g/mol. The fourth-order valence-corrected chi connectivity index (χ4v) is 2.32. The summed E-state index contributed by atoms with van der Waals surface area (Å²) in [5.41, 5.74) is 5.75. The molecule has 0 amide bonds. The third kappa shape index (κ3) is 4.09. The van der Waals surface area contributed by atoms with Crippen LogP contribution in [-0.4, -0.2) is 42.8 Å². The summed E-state index contributed by atoms with van der Waals surface area (Å²) in [5, 5.41) is 9.21. The van der Waals surface area contributed by atoms with E-state index in [1.54, 1.807) is 0 Å². The Morgan fingerprint density at radius 1 is 1.40 bits per heavy atom. The van der Waals surface area contributed by atoms with E-state index in [9.17, 15) is 5.11 Å². The molecule has 1 fully saturated rings. The predicted octanol–water partition coefficient (Wildman–Crippen LogP) is 0.920. The third-order valence-corrected chi connectivity index (χ3v) is 3.57. The van der Waals surface area contributed by atoms with Crippen molar-refractivity contribution in [3.05, 3.63) is 0 Å². The lowest BCUT2D eigenvalue weighted by Crippen LogP contribution is -2.40. The summed E-state index contributed by atoms with van der Waals surface area (Å²) in [5.74, 6) is 1.96. The number of aliphatic hydroxyl groups is 1. The summed E-state index contributed by atoms with van der Waals surface area (Å²) in [7, 11) is 2.16. The molecule has 0 bridgehead atoms. The van der Waals surface area contributed by atoms with Crippen molar-refractivity contribution in [2.45, 2.75) is 32.8 Å². The van der Waals surface area contributed by atoms with Crippen molar-refractivity contribution in [3.63, 3.8) is 0 Å². The second-order valence-corrected chi connectivity index (χ2v) is 5.45. The van der Waals surface area contributed by atoms with Gasteiger partial charge in [-0.2, -0.15) is 0 Å². The van der Waals surface area contributed by atoms with Gasteiger partial charge in [0.2, 0.25) is 0 Å². The van der Waals surface area contributed by atoms with Crippen LogP contribution in [0.2, 0.25) is 0 Å². The molecule has 0 radical (unpaired) electrons. The highest BCUT2D eigenvalue weighted by Crippen LogP contribution is 2.27. The first-order valence-corrected chi connectivity index (χ1v) is 6.09. The average molecular weight is 214 g/mol. The molecule has 1 aliphatic carbocycles. The number of rotatable bonds is 6. The van der Waals surface area contributed by atoms with Gasteiger partial charge in [-0.15, -0.1) is 0 Å². The molecule has 3 N–H and O–H groups in total. The number of aliphatic hydroxyl groups excluding tert-OH is 1. The minimum absolute atomic E-state index is 0.0289. The quantitative estimate of drug-likeness (QED) is 0.691. The molecule has 1 aliphatic rings. The Labute approximate surface area is 93.6 Å². The molecule has 0 aromatic carbocycles. The van der Waals surface area contributed by atoms with Gasteiger partial charge in [0.05, 0.1) is 6.10 Å². The highest BCUT2D eigenvalue weighted by molar-refractivity contribution is 4.81. The van der Waals surface area contributed by atoms with Crippen LogP contribution >= 0.6 is 0 Å². The molecule has 1 saturated carbocycles. The lowest BCUT2D eigenvalue weighted by molar-refractivity contribution is 0.0256. The first-order chi connectivity index (χ1) is 7.02. The van der Waals surface area contributed by atoms with Crippen LogP contribution < -0.4 is 5.73 Å². The molecule has 1 unspecified atom stereocenters. The van der Waals surface area contributed by atoms with Crippen LogP contribution in [0.3, 0.4) is 0 Å². The maximum atomic E-state index is 9.21. The summed E-state index contributed by atoms with van der Waals surface area (Å²) in [6.07, 6.45) is 1.94. The Kier molecular flexibility index (Phi) is 5.03. The van der Waals surface area contributed by atoms with Gasteiger partial charge in [0.25, 0.3) is 0 Å². The summed E-state index contributed by atoms with van der Waals surface area (Å²) in [6, 6.07) is 0. The van der Waals surface area contributed by atoms with Crippen LogP contribution in [-0.2, 0) is 0 Å². The topological polar surface area (TPSA) is 49.5 Å². The third-order valence-electron chi connectivity index (χ3n) is 3.57. The van der Waals surface area contributed by atoms with Gasteiger partial charge in [-0.25, -0.2) is 0 Å². The average Bonchev–Trinajstić information content (AvgIpc) is 2.11. The van der Waals surface area contributed by atoms with E-state index in [1.807, 2.05) is 0 Å². The first kappa shape index (κ1) is 12.9. The normalized spacial score (nSPS) is 28.2. The minimum atomic E-state index is -0.0289. The number of hydrogen-bond acceptors (Lipinski definition) is 3. The Hall–Kier alpha value is -0.120. The molecule has 0 saturated heterocycles. The van der Waals surface area contributed by atoms with Crippen molar-refractivity contribution in [3.8, 4) is 0 Å². The first-order valence-electron chi connectivity index (χ1n) is 6.09. The Morgan fingerprint density at radius 3 is 2.40 bits per heavy atom. The zero-order valence-electron chi connectivity index (χ0n) is 10.3. The van der Waals surface area contributed by atoms with Crippen LogP contribution in [0.1, 0.15) is 26.7 Å². The van der Waals surface area contributed by atoms with E-state index in [0.29, 0.717) is 17.8 Å². The Morgan fingerprint density at radius 2 is 2.00 bits per heavy atom. The van der Waals surface area contributed by atoms with Crippen LogP contribution in [0.25, 0.3) is 0 Å². The summed E-state index contributed by atoms with van der Waals surface area (Å²) >= 11 is 0. The van der Waals surface area contributed by atoms with Gasteiger partial charge in [0.1, 0.15) is 0 Å². The van der Waals surface area contributed by atoms with Crippen LogP contribution in [0, 0.1) is 17.8 Å². The molecule has 0 aromatic heterocycles.